The Morgan fingerprint density at radius 1 is 0.453 bits per heavy atom. The number of nitrogens with zero attached hydrogens (tertiary/aromatic N) is 4. The van der Waals surface area contributed by atoms with Crippen LogP contribution in [0, 0.1) is 22.7 Å². The van der Waals surface area contributed by atoms with Crippen molar-refractivity contribution in [1.82, 2.24) is 9.97 Å². The number of aryl methyl sites for hydroxylation is 2. The van der Waals surface area contributed by atoms with E-state index in [2.05, 4.69) is 149 Å². The number of hydrogen-bond donors (Lipinski definition) is 0. The lowest BCUT2D eigenvalue weighted by Crippen LogP contribution is -2.26. The van der Waals surface area contributed by atoms with Gasteiger partial charge in [-0.05, 0) is 146 Å². The molecule has 0 spiro atoms. The second-order valence-electron chi connectivity index (χ2n) is 18.3. The third-order valence-corrected chi connectivity index (χ3v) is 13.8. The van der Waals surface area contributed by atoms with Crippen LogP contribution in [0.15, 0.2) is 121 Å². The van der Waals surface area contributed by atoms with Gasteiger partial charge < -0.3 is 0 Å². The molecule has 2 aromatic heterocycles. The molecule has 0 saturated heterocycles. The van der Waals surface area contributed by atoms with Gasteiger partial charge in [0, 0.05) is 11.4 Å². The first kappa shape index (κ1) is 46.2. The fourth-order valence-electron chi connectivity index (χ4n) is 10.4. The topological polar surface area (TPSA) is 73.4 Å². The molecule has 4 nitrogen and oxygen atoms in total. The fraction of sp³-hybridized carbons (Fsp3) is 0.400. The van der Waals surface area contributed by atoms with Crippen LogP contribution in [0.3, 0.4) is 0 Å². The Hall–Kier alpha value is -5.84. The first-order valence-corrected chi connectivity index (χ1v) is 24.6. The summed E-state index contributed by atoms with van der Waals surface area (Å²) in [6, 6.07) is 48.1. The van der Waals surface area contributed by atoms with Gasteiger partial charge in [0.25, 0.3) is 0 Å². The first-order valence-electron chi connectivity index (χ1n) is 24.6. The van der Waals surface area contributed by atoms with Gasteiger partial charge in [0.05, 0.1) is 23.5 Å². The lowest BCUT2D eigenvalue weighted by atomic mass is 9.79. The molecule has 4 heteroatoms. The Bertz CT molecular complexity index is 2340. The summed E-state index contributed by atoms with van der Waals surface area (Å²) < 4.78 is 0. The molecule has 4 aromatic carbocycles. The van der Waals surface area contributed by atoms with Crippen molar-refractivity contribution in [1.29, 1.82) is 10.5 Å². The normalized spacial score (nSPS) is 17.2. The number of benzene rings is 4. The van der Waals surface area contributed by atoms with Gasteiger partial charge in [-0.2, -0.15) is 10.5 Å². The van der Waals surface area contributed by atoms with E-state index in [1.807, 2.05) is 12.1 Å². The largest absolute Gasteiger partial charge is 0.256 e. The summed E-state index contributed by atoms with van der Waals surface area (Å²) in [5, 5.41) is 20.9. The van der Waals surface area contributed by atoms with Gasteiger partial charge in [0.15, 0.2) is 0 Å². The highest BCUT2D eigenvalue weighted by Crippen LogP contribution is 2.48. The van der Waals surface area contributed by atoms with Crippen LogP contribution in [0.1, 0.15) is 148 Å². The predicted octanol–water partition coefficient (Wildman–Crippen LogP) is 14.8. The van der Waals surface area contributed by atoms with E-state index < -0.39 is 10.8 Å². The number of unbranched alkanes of at least 4 members (excludes halogenated alkanes) is 4. The van der Waals surface area contributed by atoms with Gasteiger partial charge in [-0.3, -0.25) is 9.97 Å². The van der Waals surface area contributed by atoms with Crippen LogP contribution in [0.4, 0.5) is 0 Å². The zero-order valence-electron chi connectivity index (χ0n) is 39.1. The van der Waals surface area contributed by atoms with Crippen molar-refractivity contribution in [3.8, 4) is 34.4 Å². The molecule has 6 aromatic rings. The summed E-state index contributed by atoms with van der Waals surface area (Å²) in [6.07, 6.45) is 18.4. The predicted molar refractivity (Wildman–Crippen MR) is 265 cm³/mol. The number of aromatic nitrogens is 2. The van der Waals surface area contributed by atoms with Crippen LogP contribution in [-0.4, -0.2) is 9.97 Å². The highest BCUT2D eigenvalue weighted by atomic mass is 14.8. The molecule has 2 atom stereocenters. The minimum atomic E-state index is -0.537. The van der Waals surface area contributed by atoms with Gasteiger partial charge in [0.2, 0.25) is 0 Å². The molecule has 0 N–H and O–H groups in total. The van der Waals surface area contributed by atoms with E-state index in [1.165, 1.54) is 92.7 Å². The van der Waals surface area contributed by atoms with Crippen molar-refractivity contribution in [2.75, 3.05) is 0 Å². The fourth-order valence-corrected chi connectivity index (χ4v) is 10.4. The van der Waals surface area contributed by atoms with Crippen molar-refractivity contribution < 1.29 is 0 Å². The van der Waals surface area contributed by atoms with Crippen molar-refractivity contribution in [2.24, 2.45) is 0 Å². The summed E-state index contributed by atoms with van der Waals surface area (Å²) in [7, 11) is 0. The SMILES string of the molecule is CCCCc1nc2c(c(-c3ccccc3)c1CCCC)CC[C@@]2(C#N)Cc1ccccc1.CCCCc1nc2c(c(-c3ccccc3)c1CCCC)CC[C@@]2(C#N)Cc1ccccc1. The molecule has 0 bridgehead atoms. The van der Waals surface area contributed by atoms with Crippen LogP contribution < -0.4 is 0 Å². The zero-order chi connectivity index (χ0) is 44.8. The second-order valence-corrected chi connectivity index (χ2v) is 18.3. The summed E-state index contributed by atoms with van der Waals surface area (Å²) in [5.74, 6) is 0. The van der Waals surface area contributed by atoms with Crippen molar-refractivity contribution in [3.63, 3.8) is 0 Å². The van der Waals surface area contributed by atoms with E-state index in [0.717, 1.165) is 101 Å². The maximum atomic E-state index is 10.5. The Balaban J connectivity index is 0.000000191. The monoisotopic (exact) mass is 845 g/mol. The highest BCUT2D eigenvalue weighted by molar-refractivity contribution is 5.76. The smallest absolute Gasteiger partial charge is 0.104 e. The Labute approximate surface area is 384 Å². The van der Waals surface area contributed by atoms with Crippen LogP contribution in [-0.2, 0) is 62.2 Å². The molecule has 64 heavy (non-hydrogen) atoms. The van der Waals surface area contributed by atoms with Crippen molar-refractivity contribution in [2.45, 2.75) is 154 Å². The third kappa shape index (κ3) is 10.1. The molecular weight excluding hydrogens is 777 g/mol. The number of nitriles is 2. The van der Waals surface area contributed by atoms with Gasteiger partial charge in [-0.25, -0.2) is 0 Å². The molecule has 8 rings (SSSR count). The van der Waals surface area contributed by atoms with Gasteiger partial charge >= 0.3 is 0 Å². The molecule has 0 fully saturated rings. The molecule has 0 saturated carbocycles. The third-order valence-electron chi connectivity index (χ3n) is 13.8. The summed E-state index contributed by atoms with van der Waals surface area (Å²) in [5.41, 5.74) is 16.7. The molecule has 2 heterocycles. The quantitative estimate of drug-likeness (QED) is 0.0864. The van der Waals surface area contributed by atoms with Crippen LogP contribution in [0.5, 0.6) is 0 Å². The van der Waals surface area contributed by atoms with E-state index >= 15 is 0 Å². The average molecular weight is 845 g/mol. The van der Waals surface area contributed by atoms with E-state index in [0.29, 0.717) is 0 Å². The number of fused-ring (bicyclic) bond motifs is 2. The number of pyridine rings is 2. The number of rotatable bonds is 18. The molecule has 0 radical (unpaired) electrons. The summed E-state index contributed by atoms with van der Waals surface area (Å²) in [6.45, 7) is 9.00. The molecular formula is C60H68N4. The van der Waals surface area contributed by atoms with Crippen LogP contribution >= 0.6 is 0 Å². The van der Waals surface area contributed by atoms with E-state index in [4.69, 9.17) is 9.97 Å². The average Bonchev–Trinajstić information content (AvgIpc) is 3.89. The van der Waals surface area contributed by atoms with Gasteiger partial charge in [-0.1, -0.05) is 175 Å². The lowest BCUT2D eigenvalue weighted by Gasteiger charge is -2.25. The summed E-state index contributed by atoms with van der Waals surface area (Å²) >= 11 is 0. The Morgan fingerprint density at radius 3 is 1.11 bits per heavy atom. The molecule has 0 amide bonds. The maximum absolute atomic E-state index is 10.5. The lowest BCUT2D eigenvalue weighted by molar-refractivity contribution is 0.526. The van der Waals surface area contributed by atoms with Gasteiger partial charge in [-0.15, -0.1) is 0 Å². The summed E-state index contributed by atoms with van der Waals surface area (Å²) in [4.78, 5) is 10.7. The van der Waals surface area contributed by atoms with E-state index in [9.17, 15) is 10.5 Å². The molecule has 0 unspecified atom stereocenters. The van der Waals surface area contributed by atoms with Gasteiger partial charge in [0.1, 0.15) is 10.8 Å². The molecule has 0 aliphatic heterocycles. The van der Waals surface area contributed by atoms with Crippen LogP contribution in [0.25, 0.3) is 22.3 Å². The Morgan fingerprint density at radius 2 is 0.781 bits per heavy atom. The molecule has 2 aliphatic carbocycles. The zero-order valence-corrected chi connectivity index (χ0v) is 39.1. The highest BCUT2D eigenvalue weighted by Gasteiger charge is 2.44. The second kappa shape index (κ2) is 22.2. The van der Waals surface area contributed by atoms with Crippen molar-refractivity contribution in [3.05, 3.63) is 177 Å². The van der Waals surface area contributed by atoms with Crippen LogP contribution in [0.2, 0.25) is 0 Å². The first-order chi connectivity index (χ1) is 31.4. The molecule has 328 valence electrons. The Kier molecular flexibility index (Phi) is 16.0. The van der Waals surface area contributed by atoms with E-state index in [-0.39, 0.29) is 0 Å². The standard InChI is InChI=1S/2C30H34N2/c2*1-3-5-17-25-27(18-6-4-2)32-29-26(28(25)24-15-11-8-12-16-24)19-20-30(29,22-31)21-23-13-9-7-10-14-23/h2*7-16H,3-6,17-21H2,1-2H3/t2*30-/m00/s1. The minimum absolute atomic E-state index is 0.537. The molecule has 2 aliphatic rings. The maximum Gasteiger partial charge on any atom is 0.104 e. The minimum Gasteiger partial charge on any atom is -0.256 e. The van der Waals surface area contributed by atoms with E-state index in [1.54, 1.807) is 0 Å². The van der Waals surface area contributed by atoms with Crippen molar-refractivity contribution >= 4 is 0 Å². The number of hydrogen-bond acceptors (Lipinski definition) is 4.